The molecule has 2 amide bonds. The smallest absolute Gasteiger partial charge is 0.266 e. The van der Waals surface area contributed by atoms with Gasteiger partial charge in [-0.15, -0.1) is 4.83 Å². The quantitative estimate of drug-likeness (QED) is 0.279. The van der Waals surface area contributed by atoms with Crippen molar-refractivity contribution in [3.05, 3.63) is 59.0 Å². The average Bonchev–Trinajstić information content (AvgIpc) is 3.10. The number of nitrogens with zero attached hydrogens (tertiary/aromatic N) is 1. The number of methoxy groups -OCH3 is 2. The van der Waals surface area contributed by atoms with Crippen LogP contribution in [0.15, 0.2) is 58.3 Å². The van der Waals surface area contributed by atoms with Crippen LogP contribution in [0.3, 0.4) is 0 Å². The number of hydrogen-bond donors (Lipinski definition) is 2. The molecule has 1 aliphatic heterocycles. The Labute approximate surface area is 207 Å². The Balaban J connectivity index is 1.53. The topological polar surface area (TPSA) is 114 Å². The van der Waals surface area contributed by atoms with Crippen molar-refractivity contribution in [3.63, 3.8) is 0 Å². The van der Waals surface area contributed by atoms with E-state index in [0.29, 0.717) is 27.1 Å². The van der Waals surface area contributed by atoms with Gasteiger partial charge in [0.15, 0.2) is 11.5 Å². The molecule has 2 N–H and O–H groups in total. The lowest BCUT2D eigenvalue weighted by atomic mass is 10.2. The van der Waals surface area contributed by atoms with Gasteiger partial charge in [-0.1, -0.05) is 48.2 Å². The van der Waals surface area contributed by atoms with E-state index in [0.717, 1.165) is 5.56 Å². The van der Waals surface area contributed by atoms with Crippen molar-refractivity contribution in [2.45, 2.75) is 17.7 Å². The molecule has 0 bridgehead atoms. The lowest BCUT2D eigenvalue weighted by Gasteiger charge is -2.14. The fraction of sp³-hybridized carbons (Fsp3) is 0.227. The zero-order valence-electron chi connectivity index (χ0n) is 18.4. The molecule has 1 fully saturated rings. The van der Waals surface area contributed by atoms with Gasteiger partial charge in [-0.3, -0.25) is 19.9 Å². The zero-order valence-corrected chi connectivity index (χ0v) is 20.9. The first kappa shape index (κ1) is 25.7. The van der Waals surface area contributed by atoms with Gasteiger partial charge in [-0.25, -0.2) is 8.42 Å². The molecule has 3 rings (SSSR count). The van der Waals surface area contributed by atoms with Crippen molar-refractivity contribution in [2.24, 2.45) is 0 Å². The largest absolute Gasteiger partial charge is 0.493 e. The van der Waals surface area contributed by atoms with Gasteiger partial charge in [-0.05, 0) is 42.3 Å². The summed E-state index contributed by atoms with van der Waals surface area (Å²) in [4.78, 5) is 28.8. The van der Waals surface area contributed by atoms with Crippen LogP contribution in [0.5, 0.6) is 11.5 Å². The molecular formula is C22H23N3O6S3. The standard InChI is InChI=1S/C22H23N3O6S3/c1-30-17-11-10-15(13-18(17)31-2)14-19-21(27)25(22(32)33-19)12-6-9-20(26)23-24-34(28,29)16-7-4-3-5-8-16/h3-5,7-8,10-11,13-14,24H,6,9,12H2,1-2H3,(H,23,26)/b19-14-. The summed E-state index contributed by atoms with van der Waals surface area (Å²) in [6.45, 7) is 0.229. The van der Waals surface area contributed by atoms with Crippen molar-refractivity contribution in [1.29, 1.82) is 0 Å². The molecule has 9 nitrogen and oxygen atoms in total. The highest BCUT2D eigenvalue weighted by molar-refractivity contribution is 8.26. The molecule has 0 radical (unpaired) electrons. The Bertz CT molecular complexity index is 1220. The Morgan fingerprint density at radius 2 is 1.82 bits per heavy atom. The van der Waals surface area contributed by atoms with Crippen LogP contribution in [-0.2, 0) is 19.6 Å². The lowest BCUT2D eigenvalue weighted by molar-refractivity contribution is -0.124. The minimum Gasteiger partial charge on any atom is -0.493 e. The second-order valence-corrected chi connectivity index (χ2v) is 10.4. The van der Waals surface area contributed by atoms with Crippen LogP contribution in [-0.4, -0.2) is 50.2 Å². The normalized spacial score (nSPS) is 15.0. The van der Waals surface area contributed by atoms with Gasteiger partial charge in [0, 0.05) is 13.0 Å². The van der Waals surface area contributed by atoms with Crippen LogP contribution in [0.4, 0.5) is 0 Å². The number of carbonyl (C=O) groups excluding carboxylic acids is 2. The van der Waals surface area contributed by atoms with Crippen molar-refractivity contribution in [1.82, 2.24) is 15.2 Å². The van der Waals surface area contributed by atoms with Gasteiger partial charge in [0.1, 0.15) is 4.32 Å². The molecule has 0 aromatic heterocycles. The highest BCUT2D eigenvalue weighted by atomic mass is 32.2. The second kappa shape index (κ2) is 11.5. The first-order valence-electron chi connectivity index (χ1n) is 10.1. The van der Waals surface area contributed by atoms with E-state index in [1.807, 2.05) is 0 Å². The number of hydrazine groups is 1. The summed E-state index contributed by atoms with van der Waals surface area (Å²) in [6.07, 6.45) is 2.02. The number of hydrogen-bond acceptors (Lipinski definition) is 8. The van der Waals surface area contributed by atoms with Crippen LogP contribution in [0.25, 0.3) is 6.08 Å². The van der Waals surface area contributed by atoms with Crippen molar-refractivity contribution in [2.75, 3.05) is 20.8 Å². The van der Waals surface area contributed by atoms with Crippen LogP contribution < -0.4 is 19.7 Å². The fourth-order valence-corrected chi connectivity index (χ4v) is 5.22. The number of thiocarbonyl (C=S) groups is 1. The van der Waals surface area contributed by atoms with Crippen molar-refractivity contribution in [3.8, 4) is 11.5 Å². The van der Waals surface area contributed by atoms with Gasteiger partial charge in [-0.2, -0.15) is 0 Å². The van der Waals surface area contributed by atoms with Crippen LogP contribution in [0.1, 0.15) is 18.4 Å². The minimum absolute atomic E-state index is 0.00307. The van der Waals surface area contributed by atoms with E-state index in [4.69, 9.17) is 21.7 Å². The van der Waals surface area contributed by atoms with Crippen molar-refractivity contribution >= 4 is 56.2 Å². The molecule has 1 heterocycles. The summed E-state index contributed by atoms with van der Waals surface area (Å²) in [5, 5.41) is 0. The van der Waals surface area contributed by atoms with Crippen molar-refractivity contribution < 1.29 is 27.5 Å². The second-order valence-electron chi connectivity index (χ2n) is 7.02. The first-order chi connectivity index (χ1) is 16.2. The molecule has 1 saturated heterocycles. The molecule has 0 atom stereocenters. The Morgan fingerprint density at radius 3 is 2.50 bits per heavy atom. The predicted octanol–water partition coefficient (Wildman–Crippen LogP) is 2.69. The summed E-state index contributed by atoms with van der Waals surface area (Å²) in [5.41, 5.74) is 2.93. The van der Waals surface area contributed by atoms with E-state index in [1.165, 1.54) is 35.9 Å². The minimum atomic E-state index is -3.86. The molecule has 2 aromatic rings. The molecule has 0 spiro atoms. The number of ether oxygens (including phenoxy) is 2. The summed E-state index contributed by atoms with van der Waals surface area (Å²) in [5.74, 6) is 0.345. The molecule has 34 heavy (non-hydrogen) atoms. The average molecular weight is 522 g/mol. The molecule has 180 valence electrons. The number of rotatable bonds is 10. The number of carbonyl (C=O) groups is 2. The maximum Gasteiger partial charge on any atom is 0.266 e. The van der Waals surface area contributed by atoms with Gasteiger partial charge in [0.25, 0.3) is 15.9 Å². The van der Waals surface area contributed by atoms with E-state index in [2.05, 4.69) is 10.3 Å². The number of nitrogens with one attached hydrogen (secondary N) is 2. The Morgan fingerprint density at radius 1 is 1.12 bits per heavy atom. The predicted molar refractivity (Wildman–Crippen MR) is 134 cm³/mol. The highest BCUT2D eigenvalue weighted by Crippen LogP contribution is 2.34. The summed E-state index contributed by atoms with van der Waals surface area (Å²) >= 11 is 6.50. The first-order valence-corrected chi connectivity index (χ1v) is 12.8. The third-order valence-electron chi connectivity index (χ3n) is 4.74. The third-order valence-corrected chi connectivity index (χ3v) is 7.38. The number of sulfonamides is 1. The van der Waals surface area contributed by atoms with Crippen LogP contribution >= 0.6 is 24.0 Å². The molecule has 2 aromatic carbocycles. The monoisotopic (exact) mass is 521 g/mol. The molecule has 1 aliphatic rings. The Hall–Kier alpha value is -2.93. The molecule has 12 heteroatoms. The van der Waals surface area contributed by atoms with Crippen LogP contribution in [0, 0.1) is 0 Å². The summed E-state index contributed by atoms with van der Waals surface area (Å²) in [7, 11) is -0.781. The van der Waals surface area contributed by atoms with Gasteiger partial charge in [0.05, 0.1) is 24.0 Å². The Kier molecular flexibility index (Phi) is 8.67. The number of benzene rings is 2. The molecular weight excluding hydrogens is 498 g/mol. The highest BCUT2D eigenvalue weighted by Gasteiger charge is 2.31. The van der Waals surface area contributed by atoms with Gasteiger partial charge >= 0.3 is 0 Å². The van der Waals surface area contributed by atoms with E-state index < -0.39 is 15.9 Å². The zero-order chi connectivity index (χ0) is 24.7. The van der Waals surface area contributed by atoms with E-state index in [1.54, 1.807) is 49.6 Å². The SMILES string of the molecule is COc1ccc(/C=C2\SC(=S)N(CCCC(=O)NNS(=O)(=O)c3ccccc3)C2=O)cc1OC. The van der Waals surface area contributed by atoms with Crippen LogP contribution in [0.2, 0.25) is 0 Å². The number of amides is 2. The van der Waals surface area contributed by atoms with Gasteiger partial charge in [0.2, 0.25) is 5.91 Å². The number of thioether (sulfide) groups is 1. The lowest BCUT2D eigenvalue weighted by Crippen LogP contribution is -2.41. The van der Waals surface area contributed by atoms with E-state index in [9.17, 15) is 18.0 Å². The summed E-state index contributed by atoms with van der Waals surface area (Å²) < 4.78 is 35.2. The summed E-state index contributed by atoms with van der Waals surface area (Å²) in [6, 6.07) is 13.0. The fourth-order valence-electron chi connectivity index (χ4n) is 3.03. The third kappa shape index (κ3) is 6.35. The molecule has 0 aliphatic carbocycles. The van der Waals surface area contributed by atoms with E-state index >= 15 is 0 Å². The molecule has 0 unspecified atom stereocenters. The maximum absolute atomic E-state index is 12.8. The van der Waals surface area contributed by atoms with Gasteiger partial charge < -0.3 is 9.47 Å². The molecule has 0 saturated carbocycles. The van der Waals surface area contributed by atoms with E-state index in [-0.39, 0.29) is 23.8 Å². The maximum atomic E-state index is 12.8.